The third-order valence-corrected chi connectivity index (χ3v) is 3.94. The van der Waals surface area contributed by atoms with Crippen LogP contribution in [0.4, 0.5) is 13.2 Å². The maximum Gasteiger partial charge on any atom is 0.399 e. The standard InChI is InChI=1S/C14H24F3NO/c1-4-13(14(15,16)17)7-5-8-18(11-13)10-12(2)6-9-19-3/h4,12H,1,5-11H2,2-3H3. The Hall–Kier alpha value is -0.550. The van der Waals surface area contributed by atoms with Crippen LogP contribution in [0.25, 0.3) is 0 Å². The molecule has 1 heterocycles. The van der Waals surface area contributed by atoms with Crippen LogP contribution in [0.1, 0.15) is 26.2 Å². The predicted octanol–water partition coefficient (Wildman–Crippen LogP) is 3.49. The molecule has 19 heavy (non-hydrogen) atoms. The Labute approximate surface area is 113 Å². The zero-order valence-electron chi connectivity index (χ0n) is 11.8. The summed E-state index contributed by atoms with van der Waals surface area (Å²) in [5, 5.41) is 0. The molecule has 0 aromatic carbocycles. The zero-order valence-corrected chi connectivity index (χ0v) is 11.8. The van der Waals surface area contributed by atoms with Crippen LogP contribution in [-0.2, 0) is 4.74 Å². The lowest BCUT2D eigenvalue weighted by Crippen LogP contribution is -2.51. The van der Waals surface area contributed by atoms with Crippen molar-refractivity contribution in [3.8, 4) is 0 Å². The molecule has 1 aliphatic rings. The quantitative estimate of drug-likeness (QED) is 0.690. The van der Waals surface area contributed by atoms with Gasteiger partial charge in [-0.3, -0.25) is 0 Å². The molecule has 2 nitrogen and oxygen atoms in total. The minimum atomic E-state index is -4.21. The Morgan fingerprint density at radius 3 is 2.68 bits per heavy atom. The Morgan fingerprint density at radius 2 is 2.16 bits per heavy atom. The zero-order chi connectivity index (χ0) is 14.5. The van der Waals surface area contributed by atoms with Crippen LogP contribution in [0.5, 0.6) is 0 Å². The van der Waals surface area contributed by atoms with Crippen molar-refractivity contribution in [1.29, 1.82) is 0 Å². The van der Waals surface area contributed by atoms with Crippen LogP contribution in [0.3, 0.4) is 0 Å². The first-order valence-electron chi connectivity index (χ1n) is 6.76. The number of hydrogen-bond donors (Lipinski definition) is 0. The maximum atomic E-state index is 13.2. The lowest BCUT2D eigenvalue weighted by Gasteiger charge is -2.42. The molecule has 0 aromatic heterocycles. The van der Waals surface area contributed by atoms with Crippen molar-refractivity contribution in [3.63, 3.8) is 0 Å². The molecule has 0 spiro atoms. The Bertz CT molecular complexity index is 293. The number of rotatable bonds is 6. The molecule has 1 fully saturated rings. The highest BCUT2D eigenvalue weighted by molar-refractivity contribution is 5.04. The van der Waals surface area contributed by atoms with Gasteiger partial charge in [-0.05, 0) is 31.7 Å². The van der Waals surface area contributed by atoms with Gasteiger partial charge in [0.15, 0.2) is 0 Å². The van der Waals surface area contributed by atoms with Crippen LogP contribution in [0, 0.1) is 11.3 Å². The van der Waals surface area contributed by atoms with Crippen molar-refractivity contribution in [3.05, 3.63) is 12.7 Å². The van der Waals surface area contributed by atoms with Crippen molar-refractivity contribution in [1.82, 2.24) is 4.90 Å². The maximum absolute atomic E-state index is 13.2. The number of likely N-dealkylation sites (tertiary alicyclic amines) is 1. The first-order chi connectivity index (χ1) is 8.84. The second kappa shape index (κ2) is 6.75. The van der Waals surface area contributed by atoms with Gasteiger partial charge in [0.2, 0.25) is 0 Å². The minimum absolute atomic E-state index is 0.0390. The van der Waals surface area contributed by atoms with E-state index in [9.17, 15) is 13.2 Å². The average Bonchev–Trinajstić information content (AvgIpc) is 2.35. The predicted molar refractivity (Wildman–Crippen MR) is 70.0 cm³/mol. The summed E-state index contributed by atoms with van der Waals surface area (Å²) in [7, 11) is 1.64. The monoisotopic (exact) mass is 279 g/mol. The van der Waals surface area contributed by atoms with Gasteiger partial charge < -0.3 is 9.64 Å². The van der Waals surface area contributed by atoms with Crippen molar-refractivity contribution in [2.45, 2.75) is 32.4 Å². The summed E-state index contributed by atoms with van der Waals surface area (Å²) < 4.78 is 44.6. The van der Waals surface area contributed by atoms with Gasteiger partial charge >= 0.3 is 6.18 Å². The highest BCUT2D eigenvalue weighted by Gasteiger charge is 2.54. The topological polar surface area (TPSA) is 12.5 Å². The van der Waals surface area contributed by atoms with Crippen molar-refractivity contribution >= 4 is 0 Å². The summed E-state index contributed by atoms with van der Waals surface area (Å²) in [5.41, 5.74) is -1.73. The fraction of sp³-hybridized carbons (Fsp3) is 0.857. The highest BCUT2D eigenvalue weighted by Crippen LogP contribution is 2.45. The number of hydrogen-bond acceptors (Lipinski definition) is 2. The van der Waals surface area contributed by atoms with Crippen molar-refractivity contribution in [2.75, 3.05) is 33.4 Å². The molecule has 0 aromatic rings. The van der Waals surface area contributed by atoms with E-state index in [2.05, 4.69) is 13.5 Å². The minimum Gasteiger partial charge on any atom is -0.385 e. The van der Waals surface area contributed by atoms with Gasteiger partial charge in [-0.1, -0.05) is 13.0 Å². The third kappa shape index (κ3) is 4.21. The van der Waals surface area contributed by atoms with Crippen LogP contribution in [0.2, 0.25) is 0 Å². The smallest absolute Gasteiger partial charge is 0.385 e. The highest BCUT2D eigenvalue weighted by atomic mass is 19.4. The number of ether oxygens (including phenoxy) is 1. The second-order valence-electron chi connectivity index (χ2n) is 5.58. The van der Waals surface area contributed by atoms with E-state index >= 15 is 0 Å². The normalized spacial score (nSPS) is 27.2. The lowest BCUT2D eigenvalue weighted by atomic mass is 9.79. The van der Waals surface area contributed by atoms with E-state index < -0.39 is 11.6 Å². The van der Waals surface area contributed by atoms with Gasteiger partial charge in [0.05, 0.1) is 5.41 Å². The fourth-order valence-corrected chi connectivity index (χ4v) is 2.70. The molecule has 0 aliphatic carbocycles. The number of halogens is 3. The van der Waals surface area contributed by atoms with E-state index in [0.29, 0.717) is 25.5 Å². The summed E-state index contributed by atoms with van der Waals surface area (Å²) in [6.07, 6.45) is -1.51. The van der Waals surface area contributed by atoms with E-state index in [4.69, 9.17) is 4.74 Å². The van der Waals surface area contributed by atoms with Crippen molar-refractivity contribution < 1.29 is 17.9 Å². The van der Waals surface area contributed by atoms with Gasteiger partial charge in [-0.25, -0.2) is 0 Å². The molecule has 1 aliphatic heterocycles. The van der Waals surface area contributed by atoms with Gasteiger partial charge in [0.25, 0.3) is 0 Å². The molecule has 0 bridgehead atoms. The summed E-state index contributed by atoms with van der Waals surface area (Å²) in [6, 6.07) is 0. The fourth-order valence-electron chi connectivity index (χ4n) is 2.70. The molecule has 2 unspecified atom stereocenters. The molecule has 0 radical (unpaired) electrons. The van der Waals surface area contributed by atoms with E-state index in [0.717, 1.165) is 19.0 Å². The molecular formula is C14H24F3NO. The first-order valence-corrected chi connectivity index (χ1v) is 6.76. The van der Waals surface area contributed by atoms with E-state index in [1.165, 1.54) is 0 Å². The summed E-state index contributed by atoms with van der Waals surface area (Å²) >= 11 is 0. The van der Waals surface area contributed by atoms with Crippen molar-refractivity contribution in [2.24, 2.45) is 11.3 Å². The number of alkyl halides is 3. The van der Waals surface area contributed by atoms with E-state index in [1.807, 2.05) is 4.90 Å². The Balaban J connectivity index is 2.61. The summed E-state index contributed by atoms with van der Waals surface area (Å²) in [4.78, 5) is 1.92. The van der Waals surface area contributed by atoms with E-state index in [-0.39, 0.29) is 13.0 Å². The molecular weight excluding hydrogens is 255 g/mol. The molecule has 112 valence electrons. The Morgan fingerprint density at radius 1 is 1.47 bits per heavy atom. The van der Waals surface area contributed by atoms with Crippen LogP contribution >= 0.6 is 0 Å². The number of methoxy groups -OCH3 is 1. The third-order valence-electron chi connectivity index (χ3n) is 3.94. The van der Waals surface area contributed by atoms with E-state index in [1.54, 1.807) is 7.11 Å². The lowest BCUT2D eigenvalue weighted by molar-refractivity contribution is -0.220. The molecule has 0 amide bonds. The molecule has 5 heteroatoms. The molecule has 0 N–H and O–H groups in total. The number of piperidine rings is 1. The van der Waals surface area contributed by atoms with Crippen LogP contribution in [0.15, 0.2) is 12.7 Å². The molecule has 0 saturated carbocycles. The SMILES string of the molecule is C=CC1(C(F)(F)F)CCCN(CC(C)CCOC)C1. The van der Waals surface area contributed by atoms with Gasteiger partial charge in [0.1, 0.15) is 0 Å². The van der Waals surface area contributed by atoms with Crippen LogP contribution in [-0.4, -0.2) is 44.4 Å². The molecule has 2 atom stereocenters. The number of nitrogens with zero attached hydrogens (tertiary/aromatic N) is 1. The first kappa shape index (κ1) is 16.5. The van der Waals surface area contributed by atoms with Gasteiger partial charge in [-0.15, -0.1) is 6.58 Å². The average molecular weight is 279 g/mol. The van der Waals surface area contributed by atoms with Gasteiger partial charge in [0, 0.05) is 26.8 Å². The molecule has 1 rings (SSSR count). The summed E-state index contributed by atoms with van der Waals surface area (Å²) in [6.45, 7) is 7.59. The molecule has 1 saturated heterocycles. The summed E-state index contributed by atoms with van der Waals surface area (Å²) in [5.74, 6) is 0.341. The second-order valence-corrected chi connectivity index (χ2v) is 5.58. The van der Waals surface area contributed by atoms with Gasteiger partial charge in [-0.2, -0.15) is 13.2 Å². The Kier molecular flexibility index (Phi) is 5.86. The largest absolute Gasteiger partial charge is 0.399 e. The van der Waals surface area contributed by atoms with Crippen LogP contribution < -0.4 is 0 Å².